The van der Waals surface area contributed by atoms with Crippen LogP contribution in [0.1, 0.15) is 10.5 Å². The lowest BCUT2D eigenvalue weighted by atomic mass is 10.4. The molecule has 0 saturated carbocycles. The molecule has 0 radical (unpaired) electrons. The molecule has 0 saturated heterocycles. The van der Waals surface area contributed by atoms with Crippen molar-refractivity contribution in [1.29, 1.82) is 0 Å². The SMILES string of the molecule is COCCNC(=O)c1ccc(Cl)nn1. The Labute approximate surface area is 86.4 Å². The van der Waals surface area contributed by atoms with Crippen LogP contribution in [0.5, 0.6) is 0 Å². The molecule has 0 aliphatic heterocycles. The number of carbonyl (C=O) groups excluding carboxylic acids is 1. The lowest BCUT2D eigenvalue weighted by molar-refractivity contribution is 0.0931. The Balaban J connectivity index is 2.48. The number of nitrogens with one attached hydrogen (secondary N) is 1. The molecule has 0 bridgehead atoms. The van der Waals surface area contributed by atoms with E-state index in [2.05, 4.69) is 15.5 Å². The quantitative estimate of drug-likeness (QED) is 0.744. The maximum absolute atomic E-state index is 11.3. The number of aromatic nitrogens is 2. The van der Waals surface area contributed by atoms with Crippen molar-refractivity contribution in [3.8, 4) is 0 Å². The van der Waals surface area contributed by atoms with Crippen LogP contribution in [-0.2, 0) is 4.74 Å². The molecule has 0 fully saturated rings. The molecular weight excluding hydrogens is 206 g/mol. The molecule has 1 aromatic heterocycles. The van der Waals surface area contributed by atoms with E-state index in [1.54, 1.807) is 7.11 Å². The molecule has 1 amide bonds. The first-order valence-corrected chi connectivity index (χ1v) is 4.38. The first-order chi connectivity index (χ1) is 6.74. The van der Waals surface area contributed by atoms with Gasteiger partial charge in [-0.1, -0.05) is 11.6 Å². The van der Waals surface area contributed by atoms with Gasteiger partial charge in [-0.2, -0.15) is 0 Å². The van der Waals surface area contributed by atoms with Crippen LogP contribution in [0.15, 0.2) is 12.1 Å². The number of amides is 1. The zero-order chi connectivity index (χ0) is 10.4. The molecule has 1 rings (SSSR count). The monoisotopic (exact) mass is 215 g/mol. The average molecular weight is 216 g/mol. The lowest BCUT2D eigenvalue weighted by Crippen LogP contribution is -2.27. The van der Waals surface area contributed by atoms with E-state index in [0.717, 1.165) is 0 Å². The summed E-state index contributed by atoms with van der Waals surface area (Å²) in [5, 5.41) is 10.0. The first kappa shape index (κ1) is 10.9. The Morgan fingerprint density at radius 1 is 1.57 bits per heavy atom. The molecule has 0 aliphatic rings. The van der Waals surface area contributed by atoms with Crippen LogP contribution in [0.4, 0.5) is 0 Å². The molecule has 0 aliphatic carbocycles. The second-order valence-electron chi connectivity index (χ2n) is 2.49. The highest BCUT2D eigenvalue weighted by Crippen LogP contribution is 2.01. The summed E-state index contributed by atoms with van der Waals surface area (Å²) in [4.78, 5) is 11.3. The van der Waals surface area contributed by atoms with E-state index in [9.17, 15) is 4.79 Å². The summed E-state index contributed by atoms with van der Waals surface area (Å²) in [6.45, 7) is 0.909. The van der Waals surface area contributed by atoms with E-state index in [-0.39, 0.29) is 16.8 Å². The molecular formula is C8H10ClN3O2. The Morgan fingerprint density at radius 2 is 2.36 bits per heavy atom. The Morgan fingerprint density at radius 3 is 2.93 bits per heavy atom. The van der Waals surface area contributed by atoms with Crippen LogP contribution < -0.4 is 5.32 Å². The predicted molar refractivity (Wildman–Crippen MR) is 51.3 cm³/mol. The van der Waals surface area contributed by atoms with E-state index in [0.29, 0.717) is 13.2 Å². The van der Waals surface area contributed by atoms with Gasteiger partial charge in [-0.3, -0.25) is 4.79 Å². The number of halogens is 1. The number of rotatable bonds is 4. The summed E-state index contributed by atoms with van der Waals surface area (Å²) in [5.74, 6) is -0.286. The molecule has 76 valence electrons. The van der Waals surface area contributed by atoms with Crippen LogP contribution in [0.3, 0.4) is 0 Å². The molecule has 0 spiro atoms. The van der Waals surface area contributed by atoms with Crippen molar-refractivity contribution in [3.63, 3.8) is 0 Å². The summed E-state index contributed by atoms with van der Waals surface area (Å²) >= 11 is 5.52. The van der Waals surface area contributed by atoms with Crippen LogP contribution in [-0.4, -0.2) is 36.4 Å². The highest BCUT2D eigenvalue weighted by molar-refractivity contribution is 6.29. The lowest BCUT2D eigenvalue weighted by Gasteiger charge is -2.02. The van der Waals surface area contributed by atoms with Crippen molar-refractivity contribution >= 4 is 17.5 Å². The molecule has 1 N–H and O–H groups in total. The molecule has 1 aromatic rings. The second kappa shape index (κ2) is 5.51. The molecule has 0 unspecified atom stereocenters. The van der Waals surface area contributed by atoms with Gasteiger partial charge >= 0.3 is 0 Å². The third kappa shape index (κ3) is 3.27. The van der Waals surface area contributed by atoms with E-state index in [1.807, 2.05) is 0 Å². The van der Waals surface area contributed by atoms with Crippen LogP contribution in [0.25, 0.3) is 0 Å². The van der Waals surface area contributed by atoms with E-state index >= 15 is 0 Å². The maximum Gasteiger partial charge on any atom is 0.271 e. The normalized spacial score (nSPS) is 9.86. The highest BCUT2D eigenvalue weighted by atomic mass is 35.5. The maximum atomic E-state index is 11.3. The second-order valence-corrected chi connectivity index (χ2v) is 2.88. The largest absolute Gasteiger partial charge is 0.383 e. The molecule has 5 nitrogen and oxygen atoms in total. The van der Waals surface area contributed by atoms with Gasteiger partial charge in [-0.15, -0.1) is 10.2 Å². The van der Waals surface area contributed by atoms with Gasteiger partial charge in [0.25, 0.3) is 5.91 Å². The minimum atomic E-state index is -0.286. The number of carbonyl (C=O) groups is 1. The van der Waals surface area contributed by atoms with Gasteiger partial charge in [0, 0.05) is 13.7 Å². The third-order valence-corrected chi connectivity index (χ3v) is 1.66. The topological polar surface area (TPSA) is 64.1 Å². The predicted octanol–water partition coefficient (Wildman–Crippen LogP) is 0.506. The van der Waals surface area contributed by atoms with Crippen LogP contribution in [0, 0.1) is 0 Å². The van der Waals surface area contributed by atoms with Gasteiger partial charge in [0.1, 0.15) is 0 Å². The fourth-order valence-corrected chi connectivity index (χ4v) is 0.895. The van der Waals surface area contributed by atoms with E-state index in [4.69, 9.17) is 16.3 Å². The van der Waals surface area contributed by atoms with Gasteiger partial charge in [0.05, 0.1) is 6.61 Å². The Kier molecular flexibility index (Phi) is 4.28. The van der Waals surface area contributed by atoms with Crippen LogP contribution >= 0.6 is 11.6 Å². The standard InChI is InChI=1S/C8H10ClN3O2/c1-14-5-4-10-8(13)6-2-3-7(9)12-11-6/h2-3H,4-5H2,1H3,(H,10,13). The molecule has 0 atom stereocenters. The Bertz CT molecular complexity index is 302. The van der Waals surface area contributed by atoms with Crippen molar-refractivity contribution in [2.45, 2.75) is 0 Å². The molecule has 6 heteroatoms. The van der Waals surface area contributed by atoms with E-state index in [1.165, 1.54) is 12.1 Å². The minimum Gasteiger partial charge on any atom is -0.383 e. The van der Waals surface area contributed by atoms with Crippen molar-refractivity contribution in [3.05, 3.63) is 23.0 Å². The van der Waals surface area contributed by atoms with Crippen molar-refractivity contribution < 1.29 is 9.53 Å². The zero-order valence-electron chi connectivity index (χ0n) is 7.66. The Hall–Kier alpha value is -1.20. The smallest absolute Gasteiger partial charge is 0.271 e. The summed E-state index contributed by atoms with van der Waals surface area (Å²) in [5.41, 5.74) is 0.241. The van der Waals surface area contributed by atoms with Crippen molar-refractivity contribution in [2.75, 3.05) is 20.3 Å². The third-order valence-electron chi connectivity index (χ3n) is 1.46. The summed E-state index contributed by atoms with van der Waals surface area (Å²) in [6.07, 6.45) is 0. The number of ether oxygens (including phenoxy) is 1. The van der Waals surface area contributed by atoms with Gasteiger partial charge < -0.3 is 10.1 Å². The van der Waals surface area contributed by atoms with Gasteiger partial charge in [-0.25, -0.2) is 0 Å². The number of hydrogen-bond acceptors (Lipinski definition) is 4. The molecule has 14 heavy (non-hydrogen) atoms. The van der Waals surface area contributed by atoms with Crippen molar-refractivity contribution in [1.82, 2.24) is 15.5 Å². The first-order valence-electron chi connectivity index (χ1n) is 4.00. The van der Waals surface area contributed by atoms with E-state index < -0.39 is 0 Å². The summed E-state index contributed by atoms with van der Waals surface area (Å²) in [7, 11) is 1.56. The van der Waals surface area contributed by atoms with Gasteiger partial charge in [-0.05, 0) is 12.1 Å². The van der Waals surface area contributed by atoms with Crippen LogP contribution in [0.2, 0.25) is 5.15 Å². The van der Waals surface area contributed by atoms with Gasteiger partial charge in [0.2, 0.25) is 0 Å². The summed E-state index contributed by atoms with van der Waals surface area (Å²) in [6, 6.07) is 3.03. The number of nitrogens with zero attached hydrogens (tertiary/aromatic N) is 2. The fraction of sp³-hybridized carbons (Fsp3) is 0.375. The van der Waals surface area contributed by atoms with Crippen molar-refractivity contribution in [2.24, 2.45) is 0 Å². The summed E-state index contributed by atoms with van der Waals surface area (Å²) < 4.78 is 4.78. The molecule has 0 aromatic carbocycles. The fourth-order valence-electron chi connectivity index (χ4n) is 0.794. The highest BCUT2D eigenvalue weighted by Gasteiger charge is 2.06. The average Bonchev–Trinajstić information content (AvgIpc) is 2.19. The number of methoxy groups -OCH3 is 1. The number of hydrogen-bond donors (Lipinski definition) is 1. The molecule has 1 heterocycles. The minimum absolute atomic E-state index is 0.241. The van der Waals surface area contributed by atoms with Gasteiger partial charge in [0.15, 0.2) is 10.8 Å². The zero-order valence-corrected chi connectivity index (χ0v) is 8.41.